The molecule has 1 aromatic carbocycles. The smallest absolute Gasteiger partial charge is 0.269 e. The zero-order chi connectivity index (χ0) is 16.3. The van der Waals surface area contributed by atoms with E-state index in [9.17, 15) is 25.0 Å². The van der Waals surface area contributed by atoms with E-state index in [4.69, 9.17) is 0 Å². The number of non-ortho nitro benzene ring substituents is 1. The molecule has 0 spiro atoms. The molecule has 0 amide bonds. The van der Waals surface area contributed by atoms with Crippen LogP contribution in [0.2, 0.25) is 0 Å². The molecule has 118 valence electrons. The van der Waals surface area contributed by atoms with Gasteiger partial charge in [-0.3, -0.25) is 25.0 Å². The van der Waals surface area contributed by atoms with Gasteiger partial charge in [-0.2, -0.15) is 0 Å². The van der Waals surface area contributed by atoms with Gasteiger partial charge < -0.3 is 0 Å². The maximum absolute atomic E-state index is 12.2. The van der Waals surface area contributed by atoms with Crippen LogP contribution in [0.4, 0.5) is 5.69 Å². The number of carbonyl (C=O) groups excluding carboxylic acids is 1. The lowest BCUT2D eigenvalue weighted by atomic mass is 9.72. The molecule has 0 saturated heterocycles. The average molecular weight is 306 g/mol. The molecule has 0 unspecified atom stereocenters. The van der Waals surface area contributed by atoms with Gasteiger partial charge in [-0.1, -0.05) is 19.1 Å². The summed E-state index contributed by atoms with van der Waals surface area (Å²) in [5.41, 5.74) is 0.557. The lowest BCUT2D eigenvalue weighted by Crippen LogP contribution is -2.32. The number of rotatable bonds is 5. The number of hydrogen-bond donors (Lipinski definition) is 0. The van der Waals surface area contributed by atoms with Crippen molar-refractivity contribution < 1.29 is 14.6 Å². The molecule has 1 aliphatic carbocycles. The summed E-state index contributed by atoms with van der Waals surface area (Å²) >= 11 is 0. The number of nitro benzene ring substituents is 1. The summed E-state index contributed by atoms with van der Waals surface area (Å²) in [6.07, 6.45) is 1.90. The van der Waals surface area contributed by atoms with Crippen molar-refractivity contribution in [2.45, 2.75) is 32.1 Å². The topological polar surface area (TPSA) is 103 Å². The quantitative estimate of drug-likeness (QED) is 0.614. The van der Waals surface area contributed by atoms with Crippen LogP contribution >= 0.6 is 0 Å². The van der Waals surface area contributed by atoms with Crippen molar-refractivity contribution in [2.75, 3.05) is 6.54 Å². The Kier molecular flexibility index (Phi) is 4.85. The zero-order valence-electron chi connectivity index (χ0n) is 12.3. The minimum atomic E-state index is -0.522. The van der Waals surface area contributed by atoms with Gasteiger partial charge in [0.2, 0.25) is 6.54 Å². The van der Waals surface area contributed by atoms with E-state index in [1.54, 1.807) is 0 Å². The van der Waals surface area contributed by atoms with E-state index in [1.807, 2.05) is 6.92 Å². The Morgan fingerprint density at radius 3 is 2.41 bits per heavy atom. The van der Waals surface area contributed by atoms with Gasteiger partial charge in [0.15, 0.2) is 0 Å². The first-order valence-corrected chi connectivity index (χ1v) is 7.27. The van der Waals surface area contributed by atoms with Crippen LogP contribution in [0.25, 0.3) is 0 Å². The number of nitrogens with zero attached hydrogens (tertiary/aromatic N) is 2. The molecule has 0 aliphatic heterocycles. The molecule has 7 nitrogen and oxygen atoms in total. The molecule has 1 fully saturated rings. The Labute approximate surface area is 127 Å². The third-order valence-electron chi connectivity index (χ3n) is 4.32. The summed E-state index contributed by atoms with van der Waals surface area (Å²) in [6, 6.07) is 5.72. The van der Waals surface area contributed by atoms with Crippen LogP contribution in [0.3, 0.4) is 0 Å². The predicted octanol–water partition coefficient (Wildman–Crippen LogP) is 2.96. The first-order valence-electron chi connectivity index (χ1n) is 7.27. The maximum atomic E-state index is 12.2. The Morgan fingerprint density at radius 1 is 1.23 bits per heavy atom. The largest absolute Gasteiger partial charge is 0.299 e. The van der Waals surface area contributed by atoms with E-state index in [2.05, 4.69) is 0 Å². The number of nitro groups is 2. The minimum absolute atomic E-state index is 0.0586. The van der Waals surface area contributed by atoms with E-state index in [1.165, 1.54) is 24.3 Å². The fourth-order valence-corrected chi connectivity index (χ4v) is 3.11. The highest BCUT2D eigenvalue weighted by Gasteiger charge is 2.36. The number of carbonyl (C=O) groups is 1. The molecule has 1 saturated carbocycles. The molecular weight excluding hydrogens is 288 g/mol. The number of ketones is 1. The molecule has 1 aliphatic rings. The predicted molar refractivity (Wildman–Crippen MR) is 79.2 cm³/mol. The van der Waals surface area contributed by atoms with Gasteiger partial charge in [0.25, 0.3) is 5.69 Å². The van der Waals surface area contributed by atoms with E-state index in [-0.39, 0.29) is 23.9 Å². The lowest BCUT2D eigenvalue weighted by Gasteiger charge is -2.30. The second-order valence-electron chi connectivity index (χ2n) is 5.92. The van der Waals surface area contributed by atoms with Gasteiger partial charge in [-0.25, -0.2) is 0 Å². The molecule has 3 atom stereocenters. The molecule has 0 aromatic heterocycles. The Bertz CT molecular complexity index is 584. The highest BCUT2D eigenvalue weighted by Crippen LogP contribution is 2.37. The van der Waals surface area contributed by atoms with Crippen molar-refractivity contribution in [1.82, 2.24) is 0 Å². The third-order valence-corrected chi connectivity index (χ3v) is 4.32. The van der Waals surface area contributed by atoms with Gasteiger partial charge in [-0.15, -0.1) is 0 Å². The normalized spacial score (nSPS) is 23.0. The molecule has 0 N–H and O–H groups in total. The summed E-state index contributed by atoms with van der Waals surface area (Å²) in [7, 11) is 0. The summed E-state index contributed by atoms with van der Waals surface area (Å²) in [6.45, 7) is 1.71. The van der Waals surface area contributed by atoms with Crippen LogP contribution in [-0.2, 0) is 4.79 Å². The second kappa shape index (κ2) is 6.64. The molecule has 7 heteroatoms. The SMILES string of the molecule is C[C@H]1CCC(=O)[C@H]([C@@H](C[N+](=O)[O-])c2ccc([N+](=O)[O-])cc2)C1. The van der Waals surface area contributed by atoms with Crippen LogP contribution < -0.4 is 0 Å². The van der Waals surface area contributed by atoms with Gasteiger partial charge in [0.1, 0.15) is 5.78 Å². The first kappa shape index (κ1) is 16.1. The van der Waals surface area contributed by atoms with Crippen molar-refractivity contribution in [3.05, 3.63) is 50.1 Å². The Hall–Kier alpha value is -2.31. The van der Waals surface area contributed by atoms with Gasteiger partial charge in [0.05, 0.1) is 10.8 Å². The maximum Gasteiger partial charge on any atom is 0.269 e. The molecular formula is C15H18N2O5. The van der Waals surface area contributed by atoms with Crippen LogP contribution in [-0.4, -0.2) is 22.2 Å². The highest BCUT2D eigenvalue weighted by atomic mass is 16.6. The van der Waals surface area contributed by atoms with Crippen molar-refractivity contribution >= 4 is 11.5 Å². The van der Waals surface area contributed by atoms with Gasteiger partial charge in [-0.05, 0) is 24.3 Å². The number of Topliss-reactive ketones (excluding diaryl/α,β-unsaturated/α-hetero) is 1. The van der Waals surface area contributed by atoms with E-state index >= 15 is 0 Å². The van der Waals surface area contributed by atoms with Crippen LogP contribution in [0.15, 0.2) is 24.3 Å². The Morgan fingerprint density at radius 2 is 1.86 bits per heavy atom. The number of hydrogen-bond acceptors (Lipinski definition) is 5. The molecule has 2 rings (SSSR count). The van der Waals surface area contributed by atoms with Crippen molar-refractivity contribution in [3.8, 4) is 0 Å². The van der Waals surface area contributed by atoms with E-state index in [0.29, 0.717) is 24.3 Å². The second-order valence-corrected chi connectivity index (χ2v) is 5.92. The summed E-state index contributed by atoms with van der Waals surface area (Å²) in [5, 5.41) is 21.7. The zero-order valence-corrected chi connectivity index (χ0v) is 12.3. The molecule has 0 radical (unpaired) electrons. The molecule has 0 heterocycles. The summed E-state index contributed by atoms with van der Waals surface area (Å²) in [4.78, 5) is 32.9. The fraction of sp³-hybridized carbons (Fsp3) is 0.533. The van der Waals surface area contributed by atoms with Crippen LogP contribution in [0, 0.1) is 32.1 Å². The number of benzene rings is 1. The average Bonchev–Trinajstić information content (AvgIpc) is 2.47. The van der Waals surface area contributed by atoms with Gasteiger partial charge in [0, 0.05) is 29.4 Å². The minimum Gasteiger partial charge on any atom is -0.299 e. The van der Waals surface area contributed by atoms with E-state index in [0.717, 1.165) is 6.42 Å². The van der Waals surface area contributed by atoms with Crippen molar-refractivity contribution in [3.63, 3.8) is 0 Å². The van der Waals surface area contributed by atoms with E-state index < -0.39 is 15.8 Å². The monoisotopic (exact) mass is 306 g/mol. The van der Waals surface area contributed by atoms with Gasteiger partial charge >= 0.3 is 0 Å². The standard InChI is InChI=1S/C15H18N2O5/c1-10-2-7-15(18)13(8-10)14(9-16(19)20)11-3-5-12(6-4-11)17(21)22/h3-6,10,13-14H,2,7-9H2,1H3/t10-,13-,14-/m0/s1. The highest BCUT2D eigenvalue weighted by molar-refractivity contribution is 5.82. The first-order chi connectivity index (χ1) is 10.4. The third kappa shape index (κ3) is 3.66. The van der Waals surface area contributed by atoms with Crippen LogP contribution in [0.1, 0.15) is 37.7 Å². The summed E-state index contributed by atoms with van der Waals surface area (Å²) in [5.74, 6) is -0.486. The molecule has 22 heavy (non-hydrogen) atoms. The summed E-state index contributed by atoms with van der Waals surface area (Å²) < 4.78 is 0. The van der Waals surface area contributed by atoms with Crippen molar-refractivity contribution in [1.29, 1.82) is 0 Å². The van der Waals surface area contributed by atoms with Crippen LogP contribution in [0.5, 0.6) is 0 Å². The van der Waals surface area contributed by atoms with Crippen molar-refractivity contribution in [2.24, 2.45) is 11.8 Å². The fourth-order valence-electron chi connectivity index (χ4n) is 3.11. The lowest BCUT2D eigenvalue weighted by molar-refractivity contribution is -0.484. The molecule has 0 bridgehead atoms. The Balaban J connectivity index is 2.30. The molecule has 1 aromatic rings.